The van der Waals surface area contributed by atoms with E-state index >= 15 is 0 Å². The van der Waals surface area contributed by atoms with Gasteiger partial charge in [0.15, 0.2) is 0 Å². The van der Waals surface area contributed by atoms with Crippen LogP contribution in [0, 0.1) is 0 Å². The maximum atomic E-state index is 3.96. The second-order valence-corrected chi connectivity index (χ2v) is 3.55. The zero-order chi connectivity index (χ0) is 7.40. The van der Waals surface area contributed by atoms with Gasteiger partial charge in [0.1, 0.15) is 0 Å². The molecule has 0 saturated heterocycles. The van der Waals surface area contributed by atoms with Gasteiger partial charge in [-0.15, -0.1) is 0 Å². The van der Waals surface area contributed by atoms with Gasteiger partial charge in [0.05, 0.1) is 0 Å². The Balaban J connectivity index is 2.81. The summed E-state index contributed by atoms with van der Waals surface area (Å²) in [6, 6.07) is 2.02. The minimum Gasteiger partial charge on any atom is -0.264 e. The normalized spacial score (nSPS) is 9.80. The van der Waals surface area contributed by atoms with Crippen LogP contribution in [-0.2, 0) is 6.42 Å². The van der Waals surface area contributed by atoms with Gasteiger partial charge in [-0.05, 0) is 34.0 Å². The lowest BCUT2D eigenvalue weighted by Gasteiger charge is -1.98. The standard InChI is InChI=1S/C7H7Br2N/c8-3-1-6-2-4-10-5-7(6)9/h2,4-5H,1,3H2. The first-order chi connectivity index (χ1) is 4.84. The number of aryl methyl sites for hydroxylation is 1. The van der Waals surface area contributed by atoms with E-state index in [4.69, 9.17) is 0 Å². The zero-order valence-electron chi connectivity index (χ0n) is 5.35. The molecule has 0 N–H and O–H groups in total. The van der Waals surface area contributed by atoms with Crippen LogP contribution in [0.1, 0.15) is 5.56 Å². The number of aromatic nitrogens is 1. The predicted octanol–water partition coefficient (Wildman–Crippen LogP) is 2.78. The van der Waals surface area contributed by atoms with E-state index in [-0.39, 0.29) is 0 Å². The molecule has 0 aromatic carbocycles. The van der Waals surface area contributed by atoms with Crippen LogP contribution in [0.2, 0.25) is 0 Å². The van der Waals surface area contributed by atoms with Gasteiger partial charge >= 0.3 is 0 Å². The second-order valence-electron chi connectivity index (χ2n) is 1.91. The maximum absolute atomic E-state index is 3.96. The third-order valence-electron chi connectivity index (χ3n) is 1.22. The third kappa shape index (κ3) is 2.06. The molecule has 54 valence electrons. The van der Waals surface area contributed by atoms with Crippen molar-refractivity contribution in [3.8, 4) is 0 Å². The van der Waals surface area contributed by atoms with Crippen molar-refractivity contribution in [3.63, 3.8) is 0 Å². The minimum atomic E-state index is 0.996. The van der Waals surface area contributed by atoms with Crippen molar-refractivity contribution in [1.29, 1.82) is 0 Å². The summed E-state index contributed by atoms with van der Waals surface area (Å²) in [6.45, 7) is 0. The summed E-state index contributed by atoms with van der Waals surface area (Å²) in [4.78, 5) is 3.96. The van der Waals surface area contributed by atoms with E-state index < -0.39 is 0 Å². The molecule has 0 atom stereocenters. The highest BCUT2D eigenvalue weighted by molar-refractivity contribution is 9.10. The van der Waals surface area contributed by atoms with Crippen molar-refractivity contribution in [1.82, 2.24) is 4.98 Å². The van der Waals surface area contributed by atoms with Crippen molar-refractivity contribution in [2.24, 2.45) is 0 Å². The van der Waals surface area contributed by atoms with E-state index in [0.29, 0.717) is 0 Å². The fraction of sp³-hybridized carbons (Fsp3) is 0.286. The molecule has 1 aromatic heterocycles. The molecular formula is C7H7Br2N. The minimum absolute atomic E-state index is 0.996. The van der Waals surface area contributed by atoms with Crippen molar-refractivity contribution in [2.75, 3.05) is 5.33 Å². The summed E-state index contributed by atoms with van der Waals surface area (Å²) < 4.78 is 1.09. The number of rotatable bonds is 2. The molecule has 0 aliphatic carbocycles. The Kier molecular flexibility index (Phi) is 3.35. The number of hydrogen-bond donors (Lipinski definition) is 0. The summed E-state index contributed by atoms with van der Waals surface area (Å²) in [6.07, 6.45) is 4.67. The van der Waals surface area contributed by atoms with Crippen LogP contribution in [0.3, 0.4) is 0 Å². The second kappa shape index (κ2) is 4.09. The Hall–Kier alpha value is 0.110. The number of hydrogen-bond acceptors (Lipinski definition) is 1. The Morgan fingerprint density at radius 2 is 2.30 bits per heavy atom. The van der Waals surface area contributed by atoms with Gasteiger partial charge in [0, 0.05) is 22.2 Å². The molecule has 0 saturated carbocycles. The molecule has 0 aliphatic heterocycles. The number of nitrogens with zero attached hydrogens (tertiary/aromatic N) is 1. The van der Waals surface area contributed by atoms with E-state index in [2.05, 4.69) is 36.8 Å². The van der Waals surface area contributed by atoms with Crippen LogP contribution >= 0.6 is 31.9 Å². The summed E-state index contributed by atoms with van der Waals surface area (Å²) in [5.74, 6) is 0. The lowest BCUT2D eigenvalue weighted by Crippen LogP contribution is -1.87. The first-order valence-electron chi connectivity index (χ1n) is 2.99. The van der Waals surface area contributed by atoms with E-state index in [0.717, 1.165) is 16.2 Å². The van der Waals surface area contributed by atoms with Crippen LogP contribution in [-0.4, -0.2) is 10.3 Å². The smallest absolute Gasteiger partial charge is 0.0412 e. The zero-order valence-corrected chi connectivity index (χ0v) is 8.52. The highest BCUT2D eigenvalue weighted by Gasteiger charge is 1.95. The maximum Gasteiger partial charge on any atom is 0.0412 e. The lowest BCUT2D eigenvalue weighted by atomic mass is 10.2. The van der Waals surface area contributed by atoms with Crippen LogP contribution in [0.25, 0.3) is 0 Å². The van der Waals surface area contributed by atoms with Gasteiger partial charge < -0.3 is 0 Å². The van der Waals surface area contributed by atoms with Crippen molar-refractivity contribution < 1.29 is 0 Å². The van der Waals surface area contributed by atoms with E-state index in [1.54, 1.807) is 0 Å². The Morgan fingerprint density at radius 3 is 2.90 bits per heavy atom. The molecule has 1 nitrogen and oxygen atoms in total. The van der Waals surface area contributed by atoms with E-state index in [9.17, 15) is 0 Å². The Labute approximate surface area is 77.1 Å². The molecule has 1 heterocycles. The fourth-order valence-corrected chi connectivity index (χ4v) is 1.58. The summed E-state index contributed by atoms with van der Waals surface area (Å²) in [5, 5.41) is 0.996. The molecule has 0 unspecified atom stereocenters. The molecule has 0 radical (unpaired) electrons. The topological polar surface area (TPSA) is 12.9 Å². The van der Waals surface area contributed by atoms with Gasteiger partial charge in [-0.3, -0.25) is 4.98 Å². The van der Waals surface area contributed by atoms with Crippen molar-refractivity contribution in [3.05, 3.63) is 28.5 Å². The van der Waals surface area contributed by atoms with Gasteiger partial charge in [-0.25, -0.2) is 0 Å². The number of alkyl halides is 1. The molecular weight excluding hydrogens is 258 g/mol. The number of pyridine rings is 1. The highest BCUT2D eigenvalue weighted by atomic mass is 79.9. The van der Waals surface area contributed by atoms with Crippen LogP contribution in [0.5, 0.6) is 0 Å². The van der Waals surface area contributed by atoms with Gasteiger partial charge in [-0.2, -0.15) is 0 Å². The Morgan fingerprint density at radius 1 is 1.50 bits per heavy atom. The molecule has 1 rings (SSSR count). The van der Waals surface area contributed by atoms with Gasteiger partial charge in [-0.1, -0.05) is 15.9 Å². The summed E-state index contributed by atoms with van der Waals surface area (Å²) in [7, 11) is 0. The quantitative estimate of drug-likeness (QED) is 0.749. The van der Waals surface area contributed by atoms with Crippen LogP contribution in [0.4, 0.5) is 0 Å². The predicted molar refractivity (Wildman–Crippen MR) is 49.4 cm³/mol. The van der Waals surface area contributed by atoms with E-state index in [1.807, 2.05) is 18.5 Å². The van der Waals surface area contributed by atoms with Gasteiger partial charge in [0.25, 0.3) is 0 Å². The molecule has 0 amide bonds. The van der Waals surface area contributed by atoms with Crippen molar-refractivity contribution >= 4 is 31.9 Å². The van der Waals surface area contributed by atoms with E-state index in [1.165, 1.54) is 5.56 Å². The van der Waals surface area contributed by atoms with Gasteiger partial charge in [0.2, 0.25) is 0 Å². The molecule has 0 spiro atoms. The fourth-order valence-electron chi connectivity index (χ4n) is 0.709. The average molecular weight is 265 g/mol. The van der Waals surface area contributed by atoms with Crippen LogP contribution < -0.4 is 0 Å². The SMILES string of the molecule is BrCCc1ccncc1Br. The number of halogens is 2. The first-order valence-corrected chi connectivity index (χ1v) is 4.90. The van der Waals surface area contributed by atoms with Crippen LogP contribution in [0.15, 0.2) is 22.9 Å². The summed E-state index contributed by atoms with van der Waals surface area (Å²) in [5.41, 5.74) is 1.30. The molecule has 0 fully saturated rings. The summed E-state index contributed by atoms with van der Waals surface area (Å²) >= 11 is 6.79. The highest BCUT2D eigenvalue weighted by Crippen LogP contribution is 2.15. The molecule has 10 heavy (non-hydrogen) atoms. The monoisotopic (exact) mass is 263 g/mol. The largest absolute Gasteiger partial charge is 0.264 e. The Bertz CT molecular complexity index is 213. The molecule has 0 bridgehead atoms. The molecule has 0 aliphatic rings. The third-order valence-corrected chi connectivity index (χ3v) is 2.33. The molecule has 1 aromatic rings. The average Bonchev–Trinajstić information content (AvgIpc) is 1.94. The molecule has 3 heteroatoms. The lowest BCUT2D eigenvalue weighted by molar-refractivity contribution is 1.12. The first kappa shape index (κ1) is 8.21. The van der Waals surface area contributed by atoms with Crippen molar-refractivity contribution in [2.45, 2.75) is 6.42 Å².